The number of halogens is 2. The fourth-order valence-electron chi connectivity index (χ4n) is 2.89. The normalized spacial score (nSPS) is 22.9. The summed E-state index contributed by atoms with van der Waals surface area (Å²) in [5.74, 6) is 0. The quantitative estimate of drug-likeness (QED) is 0.854. The van der Waals surface area contributed by atoms with E-state index in [1.54, 1.807) is 0 Å². The summed E-state index contributed by atoms with van der Waals surface area (Å²) in [5.41, 5.74) is 1.39. The van der Waals surface area contributed by atoms with Gasteiger partial charge in [-0.1, -0.05) is 46.9 Å². The van der Waals surface area contributed by atoms with Crippen molar-refractivity contribution in [3.8, 4) is 0 Å². The molecule has 1 atom stereocenters. The van der Waals surface area contributed by atoms with E-state index in [0.29, 0.717) is 6.04 Å². The molecule has 1 aliphatic rings. The first-order valence-electron chi connectivity index (χ1n) is 7.34. The molecule has 1 unspecified atom stereocenters. The van der Waals surface area contributed by atoms with E-state index in [2.05, 4.69) is 59.1 Å². The van der Waals surface area contributed by atoms with Gasteiger partial charge in [0, 0.05) is 40.7 Å². The van der Waals surface area contributed by atoms with Crippen molar-refractivity contribution < 1.29 is 0 Å². The molecule has 2 rings (SSSR count). The minimum atomic E-state index is 0.173. The molecule has 0 aromatic heterocycles. The van der Waals surface area contributed by atoms with Crippen LogP contribution in [0.5, 0.6) is 0 Å². The number of nitrogens with zero attached hydrogens (tertiary/aromatic N) is 1. The third-order valence-corrected chi connectivity index (χ3v) is 4.79. The molecule has 0 aliphatic carbocycles. The maximum Gasteiger partial charge on any atom is 0.0462 e. The van der Waals surface area contributed by atoms with Gasteiger partial charge in [-0.2, -0.15) is 0 Å². The van der Waals surface area contributed by atoms with E-state index < -0.39 is 0 Å². The Bertz CT molecular complexity index is 462. The van der Waals surface area contributed by atoms with Crippen LogP contribution in [0.1, 0.15) is 39.2 Å². The highest BCUT2D eigenvalue weighted by Crippen LogP contribution is 2.26. The van der Waals surface area contributed by atoms with Gasteiger partial charge in [0.15, 0.2) is 0 Å². The van der Waals surface area contributed by atoms with Crippen LogP contribution in [0.3, 0.4) is 0 Å². The van der Waals surface area contributed by atoms with E-state index in [4.69, 9.17) is 11.6 Å². The maximum absolute atomic E-state index is 6.37. The van der Waals surface area contributed by atoms with Gasteiger partial charge in [0.05, 0.1) is 0 Å². The molecular weight excluding hydrogens is 336 g/mol. The van der Waals surface area contributed by atoms with Crippen LogP contribution >= 0.6 is 27.5 Å². The van der Waals surface area contributed by atoms with E-state index >= 15 is 0 Å². The highest BCUT2D eigenvalue weighted by molar-refractivity contribution is 9.10. The van der Waals surface area contributed by atoms with E-state index in [9.17, 15) is 0 Å². The monoisotopic (exact) mass is 358 g/mol. The highest BCUT2D eigenvalue weighted by atomic mass is 79.9. The van der Waals surface area contributed by atoms with Crippen LogP contribution < -0.4 is 5.32 Å². The summed E-state index contributed by atoms with van der Waals surface area (Å²) in [5, 5.41) is 4.50. The van der Waals surface area contributed by atoms with Gasteiger partial charge in [-0.3, -0.25) is 4.90 Å². The molecule has 1 N–H and O–H groups in total. The zero-order chi connectivity index (χ0) is 14.8. The Kier molecular flexibility index (Phi) is 5.52. The van der Waals surface area contributed by atoms with Crippen molar-refractivity contribution in [2.45, 2.75) is 51.7 Å². The molecule has 1 saturated heterocycles. The number of benzene rings is 1. The Morgan fingerprint density at radius 2 is 2.20 bits per heavy atom. The van der Waals surface area contributed by atoms with Crippen molar-refractivity contribution in [3.05, 3.63) is 33.3 Å². The summed E-state index contributed by atoms with van der Waals surface area (Å²) in [6.07, 6.45) is 2.45. The third kappa shape index (κ3) is 4.20. The minimum absolute atomic E-state index is 0.173. The predicted octanol–water partition coefficient (Wildman–Crippen LogP) is 4.46. The molecule has 0 amide bonds. The van der Waals surface area contributed by atoms with Crippen molar-refractivity contribution in [2.75, 3.05) is 13.1 Å². The van der Waals surface area contributed by atoms with Crippen LogP contribution in [0, 0.1) is 0 Å². The number of nitrogens with one attached hydrogen (secondary N) is 1. The van der Waals surface area contributed by atoms with Crippen molar-refractivity contribution in [1.29, 1.82) is 0 Å². The molecule has 20 heavy (non-hydrogen) atoms. The van der Waals surface area contributed by atoms with E-state index in [-0.39, 0.29) is 5.54 Å². The topological polar surface area (TPSA) is 15.3 Å². The van der Waals surface area contributed by atoms with Crippen molar-refractivity contribution in [3.63, 3.8) is 0 Å². The Morgan fingerprint density at radius 1 is 1.45 bits per heavy atom. The first-order valence-corrected chi connectivity index (χ1v) is 8.51. The number of hydrogen-bond acceptors (Lipinski definition) is 2. The van der Waals surface area contributed by atoms with E-state index in [1.165, 1.54) is 18.4 Å². The number of hydrogen-bond donors (Lipinski definition) is 1. The second kappa shape index (κ2) is 6.78. The van der Waals surface area contributed by atoms with E-state index in [1.807, 2.05) is 6.07 Å². The SMILES string of the molecule is CCCC1CNC(C)(C)CN1Cc1ccc(Br)cc1Cl. The lowest BCUT2D eigenvalue weighted by atomic mass is 9.96. The molecule has 0 saturated carbocycles. The largest absolute Gasteiger partial charge is 0.309 e. The molecule has 1 aromatic rings. The fraction of sp³-hybridized carbons (Fsp3) is 0.625. The summed E-state index contributed by atoms with van der Waals surface area (Å²) in [7, 11) is 0. The van der Waals surface area contributed by atoms with Crippen LogP contribution in [0.2, 0.25) is 5.02 Å². The van der Waals surface area contributed by atoms with Gasteiger partial charge in [-0.15, -0.1) is 0 Å². The van der Waals surface area contributed by atoms with Crippen LogP contribution in [0.15, 0.2) is 22.7 Å². The second-order valence-electron chi connectivity index (χ2n) is 6.35. The predicted molar refractivity (Wildman–Crippen MR) is 90.3 cm³/mol. The molecule has 1 aliphatic heterocycles. The molecule has 1 fully saturated rings. The molecule has 0 spiro atoms. The minimum Gasteiger partial charge on any atom is -0.309 e. The maximum atomic E-state index is 6.37. The van der Waals surface area contributed by atoms with Gasteiger partial charge in [0.1, 0.15) is 0 Å². The third-order valence-electron chi connectivity index (χ3n) is 3.94. The summed E-state index contributed by atoms with van der Waals surface area (Å²) in [4.78, 5) is 2.58. The van der Waals surface area contributed by atoms with Gasteiger partial charge in [0.2, 0.25) is 0 Å². The second-order valence-corrected chi connectivity index (χ2v) is 7.67. The van der Waals surface area contributed by atoms with Crippen molar-refractivity contribution in [2.24, 2.45) is 0 Å². The lowest BCUT2D eigenvalue weighted by Gasteiger charge is -2.45. The fourth-order valence-corrected chi connectivity index (χ4v) is 3.62. The average Bonchev–Trinajstić information content (AvgIpc) is 2.36. The lowest BCUT2D eigenvalue weighted by molar-refractivity contribution is 0.0827. The molecular formula is C16H24BrClN2. The Morgan fingerprint density at radius 3 is 2.85 bits per heavy atom. The highest BCUT2D eigenvalue weighted by Gasteiger charge is 2.32. The van der Waals surface area contributed by atoms with Gasteiger partial charge in [-0.05, 0) is 38.0 Å². The smallest absolute Gasteiger partial charge is 0.0462 e. The van der Waals surface area contributed by atoms with Gasteiger partial charge in [0.25, 0.3) is 0 Å². The molecule has 4 heteroatoms. The molecule has 1 aromatic carbocycles. The van der Waals surface area contributed by atoms with Gasteiger partial charge in [-0.25, -0.2) is 0 Å². The van der Waals surface area contributed by atoms with Crippen LogP contribution in [-0.4, -0.2) is 29.6 Å². The summed E-state index contributed by atoms with van der Waals surface area (Å²) >= 11 is 9.84. The molecule has 2 nitrogen and oxygen atoms in total. The zero-order valence-corrected chi connectivity index (χ0v) is 14.9. The Balaban J connectivity index is 2.14. The summed E-state index contributed by atoms with van der Waals surface area (Å²) < 4.78 is 1.04. The standard InChI is InChI=1S/C16H24BrClN2/c1-4-5-14-9-19-16(2,3)11-20(14)10-12-6-7-13(17)8-15(12)18/h6-8,14,19H,4-5,9-11H2,1-3H3. The lowest BCUT2D eigenvalue weighted by Crippen LogP contribution is -2.61. The molecule has 1 heterocycles. The summed E-state index contributed by atoms with van der Waals surface area (Å²) in [6, 6.07) is 6.79. The van der Waals surface area contributed by atoms with E-state index in [0.717, 1.165) is 29.1 Å². The molecule has 0 bridgehead atoms. The average molecular weight is 360 g/mol. The first-order chi connectivity index (χ1) is 9.41. The zero-order valence-electron chi connectivity index (χ0n) is 12.5. The number of rotatable bonds is 4. The van der Waals surface area contributed by atoms with Crippen LogP contribution in [0.4, 0.5) is 0 Å². The molecule has 0 radical (unpaired) electrons. The summed E-state index contributed by atoms with van der Waals surface area (Å²) in [6.45, 7) is 9.85. The Labute approximate surface area is 136 Å². The van der Waals surface area contributed by atoms with Gasteiger partial charge >= 0.3 is 0 Å². The first kappa shape index (κ1) is 16.3. The number of piperazine rings is 1. The Hall–Kier alpha value is -0.0900. The van der Waals surface area contributed by atoms with Crippen molar-refractivity contribution >= 4 is 27.5 Å². The van der Waals surface area contributed by atoms with Gasteiger partial charge < -0.3 is 5.32 Å². The molecule has 112 valence electrons. The van der Waals surface area contributed by atoms with Crippen LogP contribution in [-0.2, 0) is 6.54 Å². The van der Waals surface area contributed by atoms with Crippen molar-refractivity contribution in [1.82, 2.24) is 10.2 Å². The van der Waals surface area contributed by atoms with Crippen LogP contribution in [0.25, 0.3) is 0 Å².